The third-order valence-electron chi connectivity index (χ3n) is 4.35. The second-order valence-electron chi connectivity index (χ2n) is 6.05. The van der Waals surface area contributed by atoms with E-state index in [1.54, 1.807) is 12.1 Å². The van der Waals surface area contributed by atoms with Crippen LogP contribution in [0.4, 0.5) is 0 Å². The van der Waals surface area contributed by atoms with Gasteiger partial charge in [0.25, 0.3) is 6.47 Å². The Morgan fingerprint density at radius 3 is 2.54 bits per heavy atom. The van der Waals surface area contributed by atoms with Crippen LogP contribution >= 0.6 is 0 Å². The van der Waals surface area contributed by atoms with Crippen molar-refractivity contribution in [3.05, 3.63) is 70.4 Å². The summed E-state index contributed by atoms with van der Waals surface area (Å²) in [4.78, 5) is 34.1. The summed E-state index contributed by atoms with van der Waals surface area (Å²) in [6.07, 6.45) is 0. The molecule has 138 valence electrons. The Kier molecular flexibility index (Phi) is 4.04. The average molecular weight is 376 g/mol. The van der Waals surface area contributed by atoms with Gasteiger partial charge in [-0.05, 0) is 42.5 Å². The van der Waals surface area contributed by atoms with Crippen LogP contribution in [-0.4, -0.2) is 22.7 Å². The normalized spacial score (nSPS) is 10.9. The molecule has 1 aliphatic carbocycles. The summed E-state index contributed by atoms with van der Waals surface area (Å²) in [5.41, 5.74) is 1.59. The molecule has 28 heavy (non-hydrogen) atoms. The molecular formula is C21H12O7. The van der Waals surface area contributed by atoms with Gasteiger partial charge < -0.3 is 19.4 Å². The van der Waals surface area contributed by atoms with Crippen molar-refractivity contribution in [1.29, 1.82) is 0 Å². The highest BCUT2D eigenvalue weighted by atomic mass is 16.5. The molecule has 2 aliphatic rings. The van der Waals surface area contributed by atoms with Crippen LogP contribution in [0.1, 0.15) is 10.4 Å². The van der Waals surface area contributed by atoms with Gasteiger partial charge in [0.2, 0.25) is 0 Å². The topological polar surface area (TPSA) is 114 Å². The van der Waals surface area contributed by atoms with Gasteiger partial charge in [-0.1, -0.05) is 0 Å². The van der Waals surface area contributed by atoms with E-state index in [1.807, 2.05) is 0 Å². The van der Waals surface area contributed by atoms with Crippen molar-refractivity contribution in [2.45, 2.75) is 0 Å². The zero-order valence-electron chi connectivity index (χ0n) is 14.2. The number of rotatable bonds is 4. The van der Waals surface area contributed by atoms with Crippen molar-refractivity contribution < 1.29 is 29.0 Å². The number of carbonyl (C=O) groups excluding carboxylic acids is 1. The molecule has 0 radical (unpaired) electrons. The smallest absolute Gasteiger partial charge is 0.335 e. The number of benzene rings is 3. The van der Waals surface area contributed by atoms with E-state index in [4.69, 9.17) is 9.15 Å². The first-order valence-electron chi connectivity index (χ1n) is 8.15. The first-order chi connectivity index (χ1) is 13.5. The summed E-state index contributed by atoms with van der Waals surface area (Å²) >= 11 is 0. The highest BCUT2D eigenvalue weighted by Crippen LogP contribution is 2.44. The van der Waals surface area contributed by atoms with Gasteiger partial charge >= 0.3 is 5.97 Å². The molecule has 0 atom stereocenters. The number of phenolic OH excluding ortho intramolecular Hbond substituents is 1. The predicted molar refractivity (Wildman–Crippen MR) is 99.9 cm³/mol. The Balaban J connectivity index is 2.14. The lowest BCUT2D eigenvalue weighted by molar-refractivity contribution is -0.120. The number of carboxylic acid groups (broad SMARTS) is 1. The Bertz CT molecular complexity index is 1270. The van der Waals surface area contributed by atoms with E-state index in [0.717, 1.165) is 0 Å². The zero-order chi connectivity index (χ0) is 19.8. The van der Waals surface area contributed by atoms with Crippen LogP contribution in [-0.2, 0) is 4.79 Å². The molecule has 0 saturated heterocycles. The average Bonchev–Trinajstić information content (AvgIpc) is 2.66. The van der Waals surface area contributed by atoms with Crippen LogP contribution in [0.15, 0.2) is 63.8 Å². The van der Waals surface area contributed by atoms with E-state index in [-0.39, 0.29) is 34.7 Å². The van der Waals surface area contributed by atoms with Gasteiger partial charge in [-0.2, -0.15) is 0 Å². The first kappa shape index (κ1) is 17.3. The predicted octanol–water partition coefficient (Wildman–Crippen LogP) is 3.50. The van der Waals surface area contributed by atoms with Crippen molar-refractivity contribution in [3.63, 3.8) is 0 Å². The fourth-order valence-corrected chi connectivity index (χ4v) is 3.16. The van der Waals surface area contributed by atoms with E-state index < -0.39 is 5.97 Å². The molecule has 1 aliphatic heterocycles. The number of hydrogen-bond donors (Lipinski definition) is 2. The van der Waals surface area contributed by atoms with Crippen molar-refractivity contribution in [1.82, 2.24) is 0 Å². The molecule has 0 amide bonds. The molecule has 1 heterocycles. The minimum absolute atomic E-state index is 0.0228. The van der Waals surface area contributed by atoms with Crippen LogP contribution in [0, 0.1) is 0 Å². The number of hydrogen-bond acceptors (Lipinski definition) is 6. The van der Waals surface area contributed by atoms with Gasteiger partial charge in [-0.25, -0.2) is 4.79 Å². The number of phenols is 1. The molecule has 0 bridgehead atoms. The molecular weight excluding hydrogens is 364 g/mol. The second-order valence-corrected chi connectivity index (χ2v) is 6.05. The van der Waals surface area contributed by atoms with E-state index in [9.17, 15) is 24.6 Å². The Morgan fingerprint density at radius 2 is 1.79 bits per heavy atom. The maximum atomic E-state index is 11.8. The highest BCUT2D eigenvalue weighted by molar-refractivity contribution is 6.04. The minimum atomic E-state index is -1.17. The monoisotopic (exact) mass is 376 g/mol. The molecule has 0 saturated carbocycles. The van der Waals surface area contributed by atoms with Crippen LogP contribution in [0.3, 0.4) is 0 Å². The van der Waals surface area contributed by atoms with E-state index in [2.05, 4.69) is 0 Å². The van der Waals surface area contributed by atoms with Gasteiger partial charge in [0.1, 0.15) is 22.8 Å². The fourth-order valence-electron chi connectivity index (χ4n) is 3.16. The van der Waals surface area contributed by atoms with Gasteiger partial charge in [0.05, 0.1) is 5.56 Å². The molecule has 0 aromatic heterocycles. The standard InChI is InChI=1S/C21H12O7/c22-10-27-17-7-11(21(25)26)1-4-14(17)20-15-5-2-12(23)8-18(15)28-19-9-13(24)3-6-16(19)20/h1-10,23H,(H,25,26). The van der Waals surface area contributed by atoms with Crippen LogP contribution in [0.2, 0.25) is 0 Å². The molecule has 2 N–H and O–H groups in total. The maximum absolute atomic E-state index is 11.8. The van der Waals surface area contributed by atoms with Crippen LogP contribution in [0.5, 0.6) is 11.5 Å². The lowest BCUT2D eigenvalue weighted by atomic mass is 9.92. The molecule has 4 rings (SSSR count). The van der Waals surface area contributed by atoms with E-state index in [0.29, 0.717) is 27.7 Å². The molecule has 2 aromatic carbocycles. The molecule has 2 aromatic rings. The molecule has 7 heteroatoms. The largest absolute Gasteiger partial charge is 0.508 e. The quantitative estimate of drug-likeness (QED) is 0.414. The van der Waals surface area contributed by atoms with Crippen molar-refractivity contribution in [3.8, 4) is 33.9 Å². The zero-order valence-corrected chi connectivity index (χ0v) is 14.2. The third-order valence-corrected chi connectivity index (χ3v) is 4.35. The third kappa shape index (κ3) is 2.84. The Labute approximate surface area is 157 Å². The molecule has 7 nitrogen and oxygen atoms in total. The van der Waals surface area contributed by atoms with E-state index in [1.165, 1.54) is 42.5 Å². The van der Waals surface area contributed by atoms with Crippen LogP contribution in [0.25, 0.3) is 33.4 Å². The van der Waals surface area contributed by atoms with Gasteiger partial charge in [0, 0.05) is 34.2 Å². The fraction of sp³-hybridized carbons (Fsp3) is 0. The molecule has 0 fully saturated rings. The first-order valence-corrected chi connectivity index (χ1v) is 8.15. The van der Waals surface area contributed by atoms with Crippen LogP contribution < -0.4 is 10.2 Å². The SMILES string of the molecule is O=COc1cc(C(=O)O)ccc1-c1c2ccc(=O)cc-2oc2cc(O)ccc12. The molecule has 0 spiro atoms. The summed E-state index contributed by atoms with van der Waals surface area (Å²) < 4.78 is 10.8. The highest BCUT2D eigenvalue weighted by Gasteiger charge is 2.21. The lowest BCUT2D eigenvalue weighted by Gasteiger charge is -2.17. The second kappa shape index (κ2) is 6.55. The number of carboxylic acids is 1. The molecule has 0 unspecified atom stereocenters. The number of ether oxygens (including phenoxy) is 1. The lowest BCUT2D eigenvalue weighted by Crippen LogP contribution is -2.02. The number of carbonyl (C=O) groups is 2. The summed E-state index contributed by atoms with van der Waals surface area (Å²) in [5.74, 6) is -0.866. The van der Waals surface area contributed by atoms with Crippen molar-refractivity contribution in [2.75, 3.05) is 0 Å². The van der Waals surface area contributed by atoms with Gasteiger partial charge in [-0.15, -0.1) is 0 Å². The van der Waals surface area contributed by atoms with Crippen molar-refractivity contribution >= 4 is 23.4 Å². The number of fused-ring (bicyclic) bond motifs is 2. The van der Waals surface area contributed by atoms with E-state index >= 15 is 0 Å². The summed E-state index contributed by atoms with van der Waals surface area (Å²) in [6, 6.07) is 12.9. The number of aromatic hydroxyl groups is 1. The minimum Gasteiger partial charge on any atom is -0.508 e. The number of aromatic carboxylic acids is 1. The Morgan fingerprint density at radius 1 is 1.00 bits per heavy atom. The summed E-state index contributed by atoms with van der Waals surface area (Å²) in [5, 5.41) is 19.6. The summed E-state index contributed by atoms with van der Waals surface area (Å²) in [7, 11) is 0. The summed E-state index contributed by atoms with van der Waals surface area (Å²) in [6.45, 7) is 0.212. The van der Waals surface area contributed by atoms with Gasteiger partial charge in [0.15, 0.2) is 5.43 Å². The van der Waals surface area contributed by atoms with Crippen molar-refractivity contribution in [2.24, 2.45) is 0 Å². The Hall–Kier alpha value is -4.13. The van der Waals surface area contributed by atoms with Gasteiger partial charge in [-0.3, -0.25) is 9.59 Å². The maximum Gasteiger partial charge on any atom is 0.335 e.